The first kappa shape index (κ1) is 22.9. The first-order valence-electron chi connectivity index (χ1n) is 11.1. The highest BCUT2D eigenvalue weighted by Gasteiger charge is 2.35. The summed E-state index contributed by atoms with van der Waals surface area (Å²) in [7, 11) is 3.72. The van der Waals surface area contributed by atoms with Crippen molar-refractivity contribution in [3.05, 3.63) is 83.2 Å². The highest BCUT2D eigenvalue weighted by atomic mass is 19.1. The number of aromatic nitrogens is 1. The van der Waals surface area contributed by atoms with Crippen molar-refractivity contribution in [1.29, 1.82) is 5.26 Å². The highest BCUT2D eigenvalue weighted by Crippen LogP contribution is 2.36. The molecule has 0 N–H and O–H groups in total. The third kappa shape index (κ3) is 5.39. The molecule has 0 spiro atoms. The van der Waals surface area contributed by atoms with Gasteiger partial charge in [-0.3, -0.25) is 0 Å². The van der Waals surface area contributed by atoms with E-state index in [-0.39, 0.29) is 11.2 Å². The molecule has 2 heterocycles. The Morgan fingerprint density at radius 2 is 1.76 bits per heavy atom. The van der Waals surface area contributed by atoms with E-state index in [1.165, 1.54) is 12.1 Å². The number of hydrogen-bond acceptors (Lipinski definition) is 5. The van der Waals surface area contributed by atoms with Gasteiger partial charge in [0.1, 0.15) is 5.82 Å². The van der Waals surface area contributed by atoms with Crippen molar-refractivity contribution in [2.75, 3.05) is 33.9 Å². The van der Waals surface area contributed by atoms with Gasteiger partial charge in [-0.1, -0.05) is 24.3 Å². The molecule has 3 aromatic rings. The summed E-state index contributed by atoms with van der Waals surface area (Å²) in [5.41, 5.74) is 4.24. The Morgan fingerprint density at radius 3 is 2.39 bits per heavy atom. The monoisotopic (exact) mass is 445 g/mol. The van der Waals surface area contributed by atoms with Crippen LogP contribution >= 0.6 is 0 Å². The van der Waals surface area contributed by atoms with Gasteiger partial charge in [0.2, 0.25) is 5.88 Å². The van der Waals surface area contributed by atoms with Gasteiger partial charge in [-0.25, -0.2) is 9.37 Å². The van der Waals surface area contributed by atoms with Crippen molar-refractivity contribution >= 4 is 0 Å². The minimum absolute atomic E-state index is 0.132. The van der Waals surface area contributed by atoms with Crippen molar-refractivity contribution < 1.29 is 13.9 Å². The van der Waals surface area contributed by atoms with Crippen LogP contribution < -0.4 is 4.74 Å². The van der Waals surface area contributed by atoms with Crippen LogP contribution in [0.2, 0.25) is 0 Å². The minimum atomic E-state index is -0.220. The smallest absolute Gasteiger partial charge is 0.213 e. The number of hydrogen-bond donors (Lipinski definition) is 0. The molecule has 1 fully saturated rings. The zero-order valence-electron chi connectivity index (χ0n) is 19.1. The number of piperidine rings is 1. The number of methoxy groups -OCH3 is 1. The van der Waals surface area contributed by atoms with E-state index in [9.17, 15) is 4.39 Å². The fourth-order valence-corrected chi connectivity index (χ4v) is 4.34. The predicted octanol–water partition coefficient (Wildman–Crippen LogP) is 4.95. The fraction of sp³-hybridized carbons (Fsp3) is 0.333. The van der Waals surface area contributed by atoms with Crippen LogP contribution in [0.15, 0.2) is 60.7 Å². The summed E-state index contributed by atoms with van der Waals surface area (Å²) < 4.78 is 25.2. The molecule has 0 unspecified atom stereocenters. The van der Waals surface area contributed by atoms with Gasteiger partial charge in [-0.2, -0.15) is 5.26 Å². The molecule has 1 aliphatic rings. The molecule has 2 aromatic carbocycles. The molecule has 0 atom stereocenters. The van der Waals surface area contributed by atoms with Gasteiger partial charge >= 0.3 is 0 Å². The second-order valence-electron chi connectivity index (χ2n) is 8.68. The van der Waals surface area contributed by atoms with Crippen LogP contribution in [-0.4, -0.2) is 43.7 Å². The number of likely N-dealkylation sites (tertiary alicyclic amines) is 1. The summed E-state index contributed by atoms with van der Waals surface area (Å²) in [6.07, 6.45) is 1.93. The molecule has 0 saturated carbocycles. The summed E-state index contributed by atoms with van der Waals surface area (Å²) >= 11 is 0. The van der Waals surface area contributed by atoms with E-state index in [2.05, 4.69) is 23.0 Å². The maximum absolute atomic E-state index is 13.5. The van der Waals surface area contributed by atoms with Gasteiger partial charge in [-0.05, 0) is 74.4 Å². The maximum Gasteiger partial charge on any atom is 0.213 e. The first-order chi connectivity index (χ1) is 16.0. The molecule has 1 aliphatic heterocycles. The lowest BCUT2D eigenvalue weighted by Crippen LogP contribution is -2.43. The molecule has 33 heavy (non-hydrogen) atoms. The molecule has 170 valence electrons. The summed E-state index contributed by atoms with van der Waals surface area (Å²) in [4.78, 5) is 6.87. The Bertz CT molecular complexity index is 1120. The molecule has 1 aromatic heterocycles. The highest BCUT2D eigenvalue weighted by molar-refractivity contribution is 5.61. The van der Waals surface area contributed by atoms with Gasteiger partial charge in [0.25, 0.3) is 0 Å². The molecule has 1 saturated heterocycles. The Morgan fingerprint density at radius 1 is 1.06 bits per heavy atom. The average molecular weight is 446 g/mol. The SMILES string of the molecule is COc1cc(COCC2(c3ccc(F)cc3)CCN(C)CC2)cc(-c2ccc(C#N)cc2)n1. The largest absolute Gasteiger partial charge is 0.481 e. The lowest BCUT2D eigenvalue weighted by atomic mass is 9.73. The van der Waals surface area contributed by atoms with Gasteiger partial charge in [-0.15, -0.1) is 0 Å². The van der Waals surface area contributed by atoms with Crippen LogP contribution in [0.25, 0.3) is 11.3 Å². The second-order valence-corrected chi connectivity index (χ2v) is 8.68. The van der Waals surface area contributed by atoms with Gasteiger partial charge in [0, 0.05) is 17.0 Å². The normalized spacial score (nSPS) is 15.7. The number of pyridine rings is 1. The van der Waals surface area contributed by atoms with E-state index in [4.69, 9.17) is 14.7 Å². The topological polar surface area (TPSA) is 58.4 Å². The van der Waals surface area contributed by atoms with E-state index in [0.29, 0.717) is 24.7 Å². The molecule has 0 bridgehead atoms. The van der Waals surface area contributed by atoms with Crippen LogP contribution in [0.4, 0.5) is 4.39 Å². The van der Waals surface area contributed by atoms with E-state index in [1.54, 1.807) is 19.2 Å². The van der Waals surface area contributed by atoms with E-state index < -0.39 is 0 Å². The van der Waals surface area contributed by atoms with Crippen molar-refractivity contribution in [3.8, 4) is 23.2 Å². The van der Waals surface area contributed by atoms with Crippen LogP contribution in [-0.2, 0) is 16.8 Å². The van der Waals surface area contributed by atoms with E-state index in [0.717, 1.165) is 48.3 Å². The molecule has 0 amide bonds. The maximum atomic E-state index is 13.5. The summed E-state index contributed by atoms with van der Waals surface area (Å²) in [5, 5.41) is 9.04. The quantitative estimate of drug-likeness (QED) is 0.515. The minimum Gasteiger partial charge on any atom is -0.481 e. The van der Waals surface area contributed by atoms with Crippen LogP contribution in [0, 0.1) is 17.1 Å². The summed E-state index contributed by atoms with van der Waals surface area (Å²) in [5.74, 6) is 0.296. The number of rotatable bonds is 7. The van der Waals surface area contributed by atoms with E-state index >= 15 is 0 Å². The number of nitrogens with zero attached hydrogens (tertiary/aromatic N) is 3. The van der Waals surface area contributed by atoms with Crippen LogP contribution in [0.3, 0.4) is 0 Å². The van der Waals surface area contributed by atoms with Crippen LogP contribution in [0.1, 0.15) is 29.5 Å². The molecule has 6 heteroatoms. The molecule has 5 nitrogen and oxygen atoms in total. The molecule has 0 aliphatic carbocycles. The van der Waals surface area contributed by atoms with E-state index in [1.807, 2.05) is 36.4 Å². The lowest BCUT2D eigenvalue weighted by molar-refractivity contribution is 0.0406. The number of benzene rings is 2. The third-order valence-corrected chi connectivity index (χ3v) is 6.43. The first-order valence-corrected chi connectivity index (χ1v) is 11.1. The Kier molecular flexibility index (Phi) is 7.02. The molecular weight excluding hydrogens is 417 g/mol. The average Bonchev–Trinajstić information content (AvgIpc) is 2.85. The molecule has 0 radical (unpaired) electrons. The number of nitriles is 1. The molecule has 4 rings (SSSR count). The zero-order valence-corrected chi connectivity index (χ0v) is 19.1. The summed E-state index contributed by atoms with van der Waals surface area (Å²) in [6, 6.07) is 20.2. The second kappa shape index (κ2) is 10.1. The third-order valence-electron chi connectivity index (χ3n) is 6.43. The van der Waals surface area contributed by atoms with Crippen LogP contribution in [0.5, 0.6) is 5.88 Å². The van der Waals surface area contributed by atoms with Gasteiger partial charge in [0.15, 0.2) is 0 Å². The lowest BCUT2D eigenvalue weighted by Gasteiger charge is -2.41. The Labute approximate surface area is 194 Å². The Hall–Kier alpha value is -3.27. The van der Waals surface area contributed by atoms with Crippen molar-refractivity contribution in [1.82, 2.24) is 9.88 Å². The number of ether oxygens (including phenoxy) is 2. The zero-order chi connectivity index (χ0) is 23.3. The van der Waals surface area contributed by atoms with Crippen molar-refractivity contribution in [2.24, 2.45) is 0 Å². The fourth-order valence-electron chi connectivity index (χ4n) is 4.34. The predicted molar refractivity (Wildman–Crippen MR) is 125 cm³/mol. The number of halogens is 1. The van der Waals surface area contributed by atoms with Crippen molar-refractivity contribution in [2.45, 2.75) is 24.9 Å². The van der Waals surface area contributed by atoms with Gasteiger partial charge < -0.3 is 14.4 Å². The van der Waals surface area contributed by atoms with Gasteiger partial charge in [0.05, 0.1) is 37.7 Å². The molecular formula is C27H28FN3O2. The summed E-state index contributed by atoms with van der Waals surface area (Å²) in [6.45, 7) is 2.93. The van der Waals surface area contributed by atoms with Crippen molar-refractivity contribution in [3.63, 3.8) is 0 Å². The Balaban J connectivity index is 1.52. The standard InChI is InChI=1S/C27H28FN3O2/c1-31-13-11-27(12-14-31,23-7-9-24(28)10-8-23)19-33-18-21-15-25(30-26(16-21)32-2)22-5-3-20(17-29)4-6-22/h3-10,15-16H,11-14,18-19H2,1-2H3.